The summed E-state index contributed by atoms with van der Waals surface area (Å²) in [6.07, 6.45) is -4.58. The highest BCUT2D eigenvalue weighted by Crippen LogP contribution is 2.32. The highest BCUT2D eigenvalue weighted by atomic mass is 35.5. The van der Waals surface area contributed by atoms with E-state index in [1.165, 1.54) is 12.1 Å². The quantitative estimate of drug-likeness (QED) is 0.858. The van der Waals surface area contributed by atoms with Gasteiger partial charge in [-0.15, -0.1) is 0 Å². The van der Waals surface area contributed by atoms with E-state index in [9.17, 15) is 18.0 Å². The lowest BCUT2D eigenvalue weighted by Crippen LogP contribution is -2.28. The third kappa shape index (κ3) is 3.80. The minimum atomic E-state index is -4.58. The molecule has 0 saturated carbocycles. The number of carbonyl (C=O) groups is 1. The molecule has 1 N–H and O–H groups in total. The van der Waals surface area contributed by atoms with Crippen molar-refractivity contribution in [3.05, 3.63) is 70.2 Å². The zero-order valence-corrected chi connectivity index (χ0v) is 12.4. The van der Waals surface area contributed by atoms with Crippen LogP contribution in [0.3, 0.4) is 0 Å². The second-order valence-corrected chi connectivity index (χ2v) is 5.23. The van der Waals surface area contributed by atoms with Crippen molar-refractivity contribution in [2.24, 2.45) is 0 Å². The molecule has 0 aromatic heterocycles. The maximum Gasteiger partial charge on any atom is 0.417 e. The van der Waals surface area contributed by atoms with E-state index in [-0.39, 0.29) is 0 Å². The standard InChI is InChI=1S/C16H13ClF3NO/c1-10(11-5-4-6-12(17)9-11)21-15(22)13-7-2-3-8-14(13)16(18,19)20/h2-10H,1H3,(H,21,22)/t10-/m1/s1. The number of hydrogen-bond donors (Lipinski definition) is 1. The topological polar surface area (TPSA) is 29.1 Å². The first kappa shape index (κ1) is 16.4. The molecule has 0 heterocycles. The predicted octanol–water partition coefficient (Wildman–Crippen LogP) is 4.85. The van der Waals surface area contributed by atoms with Crippen LogP contribution in [-0.2, 0) is 6.18 Å². The van der Waals surface area contributed by atoms with Crippen molar-refractivity contribution < 1.29 is 18.0 Å². The van der Waals surface area contributed by atoms with Crippen molar-refractivity contribution in [2.45, 2.75) is 19.1 Å². The number of halogens is 4. The summed E-state index contributed by atoms with van der Waals surface area (Å²) in [7, 11) is 0. The molecule has 0 saturated heterocycles. The first-order chi connectivity index (χ1) is 10.3. The number of carbonyl (C=O) groups excluding carboxylic acids is 1. The highest BCUT2D eigenvalue weighted by Gasteiger charge is 2.35. The zero-order chi connectivity index (χ0) is 16.3. The van der Waals surface area contributed by atoms with Gasteiger partial charge in [0.25, 0.3) is 5.91 Å². The third-order valence-corrected chi connectivity index (χ3v) is 3.41. The molecule has 6 heteroatoms. The van der Waals surface area contributed by atoms with E-state index in [4.69, 9.17) is 11.6 Å². The Morgan fingerprint density at radius 3 is 2.45 bits per heavy atom. The summed E-state index contributed by atoms with van der Waals surface area (Å²) in [6.45, 7) is 1.68. The van der Waals surface area contributed by atoms with Crippen LogP contribution >= 0.6 is 11.6 Å². The molecule has 2 rings (SSSR count). The second-order valence-electron chi connectivity index (χ2n) is 4.79. The predicted molar refractivity (Wildman–Crippen MR) is 78.8 cm³/mol. The Hall–Kier alpha value is -2.01. The van der Waals surface area contributed by atoms with Crippen LogP contribution < -0.4 is 5.32 Å². The Balaban J connectivity index is 2.23. The van der Waals surface area contributed by atoms with Gasteiger partial charge in [0, 0.05) is 5.02 Å². The van der Waals surface area contributed by atoms with E-state index in [1.807, 2.05) is 0 Å². The molecule has 1 atom stereocenters. The summed E-state index contributed by atoms with van der Waals surface area (Å²) < 4.78 is 38.8. The van der Waals surface area contributed by atoms with Gasteiger partial charge >= 0.3 is 6.18 Å². The van der Waals surface area contributed by atoms with Crippen molar-refractivity contribution in [1.82, 2.24) is 5.32 Å². The molecule has 0 fully saturated rings. The summed E-state index contributed by atoms with van der Waals surface area (Å²) in [5.41, 5.74) is -0.639. The molecular formula is C16H13ClF3NO. The number of amides is 1. The summed E-state index contributed by atoms with van der Waals surface area (Å²) in [5.74, 6) is -0.777. The zero-order valence-electron chi connectivity index (χ0n) is 11.6. The van der Waals surface area contributed by atoms with Crippen molar-refractivity contribution in [1.29, 1.82) is 0 Å². The van der Waals surface area contributed by atoms with E-state index in [2.05, 4.69) is 5.32 Å². The van der Waals surface area contributed by atoms with E-state index < -0.39 is 29.3 Å². The lowest BCUT2D eigenvalue weighted by molar-refractivity contribution is -0.137. The van der Waals surface area contributed by atoms with Gasteiger partial charge in [0.05, 0.1) is 17.2 Å². The molecule has 0 unspecified atom stereocenters. The molecule has 1 amide bonds. The average molecular weight is 328 g/mol. The van der Waals surface area contributed by atoms with E-state index >= 15 is 0 Å². The summed E-state index contributed by atoms with van der Waals surface area (Å²) in [5, 5.41) is 3.05. The smallest absolute Gasteiger partial charge is 0.346 e. The summed E-state index contributed by atoms with van der Waals surface area (Å²) >= 11 is 5.87. The van der Waals surface area contributed by atoms with Gasteiger partial charge in [-0.2, -0.15) is 13.2 Å². The van der Waals surface area contributed by atoms with Crippen LogP contribution in [0.25, 0.3) is 0 Å². The highest BCUT2D eigenvalue weighted by molar-refractivity contribution is 6.30. The van der Waals surface area contributed by atoms with Gasteiger partial charge in [0.1, 0.15) is 0 Å². The molecule has 0 aliphatic carbocycles. The van der Waals surface area contributed by atoms with Crippen LogP contribution in [0.15, 0.2) is 48.5 Å². The average Bonchev–Trinajstić information content (AvgIpc) is 2.46. The van der Waals surface area contributed by atoms with Crippen LogP contribution in [0.2, 0.25) is 5.02 Å². The van der Waals surface area contributed by atoms with Crippen LogP contribution in [0.1, 0.15) is 34.5 Å². The molecule has 0 radical (unpaired) electrons. The summed E-state index contributed by atoms with van der Waals surface area (Å²) in [4.78, 5) is 12.1. The fourth-order valence-electron chi connectivity index (χ4n) is 2.06. The van der Waals surface area contributed by atoms with Gasteiger partial charge in [-0.1, -0.05) is 35.9 Å². The number of nitrogens with one attached hydrogen (secondary N) is 1. The van der Waals surface area contributed by atoms with Crippen LogP contribution in [-0.4, -0.2) is 5.91 Å². The Bertz CT molecular complexity index is 685. The monoisotopic (exact) mass is 327 g/mol. The van der Waals surface area contributed by atoms with Gasteiger partial charge in [-0.25, -0.2) is 0 Å². The Morgan fingerprint density at radius 1 is 1.14 bits per heavy atom. The van der Waals surface area contributed by atoms with E-state index in [0.29, 0.717) is 10.6 Å². The van der Waals surface area contributed by atoms with Crippen molar-refractivity contribution in [3.8, 4) is 0 Å². The normalized spacial score (nSPS) is 12.8. The molecule has 2 aromatic carbocycles. The van der Waals surface area contributed by atoms with Crippen LogP contribution in [0.5, 0.6) is 0 Å². The fourth-order valence-corrected chi connectivity index (χ4v) is 2.26. The van der Waals surface area contributed by atoms with Gasteiger partial charge in [-0.05, 0) is 36.8 Å². The molecule has 0 bridgehead atoms. The largest absolute Gasteiger partial charge is 0.417 e. The number of alkyl halides is 3. The maximum atomic E-state index is 12.9. The number of benzene rings is 2. The SMILES string of the molecule is C[C@@H](NC(=O)c1ccccc1C(F)(F)F)c1cccc(Cl)c1. The lowest BCUT2D eigenvalue weighted by Gasteiger charge is -2.17. The van der Waals surface area contributed by atoms with Gasteiger partial charge in [-0.3, -0.25) is 4.79 Å². The first-order valence-electron chi connectivity index (χ1n) is 6.51. The number of hydrogen-bond acceptors (Lipinski definition) is 1. The molecule has 116 valence electrons. The molecule has 0 spiro atoms. The maximum absolute atomic E-state index is 12.9. The van der Waals surface area contributed by atoms with Crippen molar-refractivity contribution in [2.75, 3.05) is 0 Å². The second kappa shape index (κ2) is 6.40. The molecule has 0 aliphatic heterocycles. The van der Waals surface area contributed by atoms with Gasteiger partial charge < -0.3 is 5.32 Å². The van der Waals surface area contributed by atoms with Crippen LogP contribution in [0.4, 0.5) is 13.2 Å². The molecule has 0 aliphatic rings. The summed E-state index contributed by atoms with van der Waals surface area (Å²) in [6, 6.07) is 11.0. The van der Waals surface area contributed by atoms with Gasteiger partial charge in [0.2, 0.25) is 0 Å². The fraction of sp³-hybridized carbons (Fsp3) is 0.188. The minimum absolute atomic E-state index is 0.399. The molecule has 2 aromatic rings. The molecular weight excluding hydrogens is 315 g/mol. The first-order valence-corrected chi connectivity index (χ1v) is 6.89. The number of rotatable bonds is 3. The third-order valence-electron chi connectivity index (χ3n) is 3.17. The van der Waals surface area contributed by atoms with Crippen molar-refractivity contribution >= 4 is 17.5 Å². The Labute approximate surface area is 130 Å². The molecule has 22 heavy (non-hydrogen) atoms. The minimum Gasteiger partial charge on any atom is -0.346 e. The Kier molecular flexibility index (Phi) is 4.76. The van der Waals surface area contributed by atoms with Crippen molar-refractivity contribution in [3.63, 3.8) is 0 Å². The van der Waals surface area contributed by atoms with E-state index in [1.54, 1.807) is 31.2 Å². The lowest BCUT2D eigenvalue weighted by atomic mass is 10.0. The molecule has 2 nitrogen and oxygen atoms in total. The Morgan fingerprint density at radius 2 is 1.82 bits per heavy atom. The van der Waals surface area contributed by atoms with E-state index in [0.717, 1.165) is 12.1 Å². The van der Waals surface area contributed by atoms with Crippen LogP contribution in [0, 0.1) is 0 Å². The van der Waals surface area contributed by atoms with Gasteiger partial charge in [0.15, 0.2) is 0 Å².